The molecule has 0 unspecified atom stereocenters. The average Bonchev–Trinajstić information content (AvgIpc) is 2.55. The second-order valence-electron chi connectivity index (χ2n) is 5.73. The third-order valence-corrected chi connectivity index (χ3v) is 3.76. The van der Waals surface area contributed by atoms with Crippen LogP contribution in [0.15, 0.2) is 54.1 Å². The van der Waals surface area contributed by atoms with E-state index in [0.717, 1.165) is 17.0 Å². The van der Waals surface area contributed by atoms with Gasteiger partial charge in [0.15, 0.2) is 0 Å². The van der Waals surface area contributed by atoms with Crippen molar-refractivity contribution in [3.8, 4) is 5.75 Å². The molecule has 3 nitrogen and oxygen atoms in total. The number of carbonyl (C=O) groups is 1. The zero-order valence-electron chi connectivity index (χ0n) is 12.8. The van der Waals surface area contributed by atoms with E-state index >= 15 is 0 Å². The van der Waals surface area contributed by atoms with Crippen LogP contribution in [0, 0.1) is 0 Å². The molecule has 1 heterocycles. The van der Waals surface area contributed by atoms with Crippen molar-refractivity contribution in [2.24, 2.45) is 0 Å². The van der Waals surface area contributed by atoms with E-state index in [1.54, 1.807) is 0 Å². The summed E-state index contributed by atoms with van der Waals surface area (Å²) in [6, 6.07) is 15.7. The average molecular weight is 293 g/mol. The maximum absolute atomic E-state index is 12.3. The van der Waals surface area contributed by atoms with E-state index in [-0.39, 0.29) is 5.91 Å². The molecule has 2 aromatic rings. The van der Waals surface area contributed by atoms with E-state index in [1.165, 1.54) is 5.56 Å². The Labute approximate surface area is 130 Å². The fourth-order valence-corrected chi connectivity index (χ4v) is 2.41. The fraction of sp³-hybridized carbons (Fsp3) is 0.211. The number of hydrogen-bond acceptors (Lipinski definition) is 2. The minimum atomic E-state index is -0.119. The van der Waals surface area contributed by atoms with Gasteiger partial charge in [-0.25, -0.2) is 0 Å². The first-order chi connectivity index (χ1) is 10.6. The van der Waals surface area contributed by atoms with Crippen LogP contribution in [0.2, 0.25) is 0 Å². The van der Waals surface area contributed by atoms with Crippen LogP contribution in [0.25, 0.3) is 6.08 Å². The van der Waals surface area contributed by atoms with Crippen LogP contribution in [0.1, 0.15) is 30.9 Å². The van der Waals surface area contributed by atoms with Gasteiger partial charge in [-0.1, -0.05) is 44.2 Å². The molecule has 0 saturated carbocycles. The first-order valence-corrected chi connectivity index (χ1v) is 7.47. The van der Waals surface area contributed by atoms with E-state index in [4.69, 9.17) is 4.74 Å². The summed E-state index contributed by atoms with van der Waals surface area (Å²) >= 11 is 0. The Balaban J connectivity index is 1.74. The number of nitrogens with one attached hydrogen (secondary N) is 1. The summed E-state index contributed by atoms with van der Waals surface area (Å²) in [5, 5.41) is 2.92. The molecular formula is C19H19NO2. The van der Waals surface area contributed by atoms with E-state index in [1.807, 2.05) is 54.6 Å². The lowest BCUT2D eigenvalue weighted by Gasteiger charge is -2.17. The lowest BCUT2D eigenvalue weighted by Crippen LogP contribution is -2.21. The molecule has 0 radical (unpaired) electrons. The van der Waals surface area contributed by atoms with Crippen molar-refractivity contribution in [1.82, 2.24) is 0 Å². The highest BCUT2D eigenvalue weighted by molar-refractivity contribution is 6.07. The van der Waals surface area contributed by atoms with Gasteiger partial charge in [-0.15, -0.1) is 0 Å². The van der Waals surface area contributed by atoms with Gasteiger partial charge in [-0.05, 0) is 35.8 Å². The minimum absolute atomic E-state index is 0.119. The van der Waals surface area contributed by atoms with Crippen LogP contribution in [0.4, 0.5) is 5.69 Å². The Morgan fingerprint density at radius 2 is 1.82 bits per heavy atom. The van der Waals surface area contributed by atoms with Crippen LogP contribution in [0.5, 0.6) is 5.75 Å². The summed E-state index contributed by atoms with van der Waals surface area (Å²) in [5.41, 5.74) is 3.63. The molecule has 112 valence electrons. The predicted molar refractivity (Wildman–Crippen MR) is 89.1 cm³/mol. The number of carbonyl (C=O) groups excluding carboxylic acids is 1. The number of rotatable bonds is 3. The van der Waals surface area contributed by atoms with Gasteiger partial charge in [0.25, 0.3) is 5.91 Å². The predicted octanol–water partition coefficient (Wildman–Crippen LogP) is 4.22. The van der Waals surface area contributed by atoms with Crippen molar-refractivity contribution in [1.29, 1.82) is 0 Å². The van der Waals surface area contributed by atoms with Crippen molar-refractivity contribution in [3.63, 3.8) is 0 Å². The first-order valence-electron chi connectivity index (χ1n) is 7.47. The zero-order chi connectivity index (χ0) is 15.5. The van der Waals surface area contributed by atoms with Gasteiger partial charge in [-0.2, -0.15) is 0 Å². The Hall–Kier alpha value is -2.55. The molecular weight excluding hydrogens is 274 g/mol. The summed E-state index contributed by atoms with van der Waals surface area (Å²) in [7, 11) is 0. The van der Waals surface area contributed by atoms with Gasteiger partial charge in [0.2, 0.25) is 0 Å². The van der Waals surface area contributed by atoms with Gasteiger partial charge in [0.1, 0.15) is 12.4 Å². The Bertz CT molecular complexity index is 714. The van der Waals surface area contributed by atoms with Crippen LogP contribution in [0.3, 0.4) is 0 Å². The van der Waals surface area contributed by atoms with Gasteiger partial charge in [0.05, 0.1) is 5.57 Å². The van der Waals surface area contributed by atoms with Crippen molar-refractivity contribution < 1.29 is 9.53 Å². The van der Waals surface area contributed by atoms with E-state index in [2.05, 4.69) is 19.2 Å². The Morgan fingerprint density at radius 3 is 2.55 bits per heavy atom. The van der Waals surface area contributed by atoms with Crippen molar-refractivity contribution in [2.45, 2.75) is 19.8 Å². The molecule has 0 aromatic heterocycles. The molecule has 0 bridgehead atoms. The van der Waals surface area contributed by atoms with Gasteiger partial charge in [-0.3, -0.25) is 4.79 Å². The summed E-state index contributed by atoms with van der Waals surface area (Å²) in [6.07, 6.45) is 1.89. The zero-order valence-corrected chi connectivity index (χ0v) is 12.8. The molecule has 3 heteroatoms. The van der Waals surface area contributed by atoms with Gasteiger partial charge in [0, 0.05) is 11.3 Å². The normalized spacial score (nSPS) is 13.1. The highest BCUT2D eigenvalue weighted by Gasteiger charge is 2.17. The van der Waals surface area contributed by atoms with E-state index in [9.17, 15) is 4.79 Å². The second kappa shape index (κ2) is 6.06. The molecule has 0 aliphatic carbocycles. The highest BCUT2D eigenvalue weighted by atomic mass is 16.5. The first kappa shape index (κ1) is 14.4. The number of para-hydroxylation sites is 1. The standard InChI is InChI=1S/C19H19NO2/c1-13(2)14-7-9-17(10-8-14)20-19(21)16-11-15-5-3-4-6-18(15)22-12-16/h3-11,13H,12H2,1-2H3,(H,20,21). The number of ether oxygens (including phenoxy) is 1. The summed E-state index contributed by atoms with van der Waals surface area (Å²) < 4.78 is 5.62. The van der Waals surface area contributed by atoms with Crippen LogP contribution in [-0.2, 0) is 4.79 Å². The van der Waals surface area contributed by atoms with Gasteiger partial charge < -0.3 is 10.1 Å². The minimum Gasteiger partial charge on any atom is -0.488 e. The molecule has 1 aliphatic rings. The molecule has 22 heavy (non-hydrogen) atoms. The monoisotopic (exact) mass is 293 g/mol. The molecule has 0 saturated heterocycles. The molecule has 1 aliphatic heterocycles. The highest BCUT2D eigenvalue weighted by Crippen LogP contribution is 2.26. The molecule has 0 fully saturated rings. The lowest BCUT2D eigenvalue weighted by atomic mass is 10.0. The Kier molecular flexibility index (Phi) is 3.96. The maximum Gasteiger partial charge on any atom is 0.255 e. The van der Waals surface area contributed by atoms with E-state index < -0.39 is 0 Å². The molecule has 3 rings (SSSR count). The second-order valence-corrected chi connectivity index (χ2v) is 5.73. The third-order valence-electron chi connectivity index (χ3n) is 3.76. The molecule has 0 spiro atoms. The van der Waals surface area contributed by atoms with Crippen LogP contribution >= 0.6 is 0 Å². The molecule has 0 atom stereocenters. The molecule has 1 N–H and O–H groups in total. The number of fused-ring (bicyclic) bond motifs is 1. The lowest BCUT2D eigenvalue weighted by molar-refractivity contribution is -0.113. The van der Waals surface area contributed by atoms with Crippen LogP contribution < -0.4 is 10.1 Å². The van der Waals surface area contributed by atoms with Crippen LogP contribution in [-0.4, -0.2) is 12.5 Å². The smallest absolute Gasteiger partial charge is 0.255 e. The van der Waals surface area contributed by atoms with Crippen molar-refractivity contribution in [3.05, 3.63) is 65.2 Å². The number of benzene rings is 2. The molecule has 1 amide bonds. The van der Waals surface area contributed by atoms with E-state index in [0.29, 0.717) is 18.1 Å². The number of hydrogen-bond donors (Lipinski definition) is 1. The SMILES string of the molecule is CC(C)c1ccc(NC(=O)C2=Cc3ccccc3OC2)cc1. The maximum atomic E-state index is 12.3. The molecule has 2 aromatic carbocycles. The van der Waals surface area contributed by atoms with Crippen molar-refractivity contribution in [2.75, 3.05) is 11.9 Å². The van der Waals surface area contributed by atoms with Crippen molar-refractivity contribution >= 4 is 17.7 Å². The van der Waals surface area contributed by atoms with Gasteiger partial charge >= 0.3 is 0 Å². The summed E-state index contributed by atoms with van der Waals surface area (Å²) in [5.74, 6) is 1.18. The summed E-state index contributed by atoms with van der Waals surface area (Å²) in [4.78, 5) is 12.3. The number of anilines is 1. The topological polar surface area (TPSA) is 38.3 Å². The third kappa shape index (κ3) is 3.03. The quantitative estimate of drug-likeness (QED) is 0.920. The largest absolute Gasteiger partial charge is 0.488 e. The fourth-order valence-electron chi connectivity index (χ4n) is 2.41. The number of amides is 1. The summed E-state index contributed by atoms with van der Waals surface area (Å²) in [6.45, 7) is 4.59. The Morgan fingerprint density at radius 1 is 1.09 bits per heavy atom.